The topological polar surface area (TPSA) is 60.9 Å². The van der Waals surface area contributed by atoms with E-state index in [4.69, 9.17) is 0 Å². The second-order valence-corrected chi connectivity index (χ2v) is 11.0. The third-order valence-corrected chi connectivity index (χ3v) is 9.23. The highest BCUT2D eigenvalue weighted by molar-refractivity contribution is 7.91. The summed E-state index contributed by atoms with van der Waals surface area (Å²) in [5, 5.41) is 1.64. The number of para-hydroxylation sites is 1. The molecular formula is C21H26FN3O3S2. The number of rotatable bonds is 4. The van der Waals surface area contributed by atoms with E-state index in [9.17, 15) is 17.6 Å². The first-order chi connectivity index (χ1) is 14.4. The summed E-state index contributed by atoms with van der Waals surface area (Å²) in [6.07, 6.45) is 1.96. The Morgan fingerprint density at radius 2 is 1.73 bits per heavy atom. The van der Waals surface area contributed by atoms with Gasteiger partial charge in [0.1, 0.15) is 10.0 Å². The predicted octanol–water partition coefficient (Wildman–Crippen LogP) is 3.27. The zero-order chi connectivity index (χ0) is 21.3. The molecule has 0 atom stereocenters. The first kappa shape index (κ1) is 21.3. The van der Waals surface area contributed by atoms with Gasteiger partial charge in [-0.3, -0.25) is 4.79 Å². The molecule has 2 fully saturated rings. The van der Waals surface area contributed by atoms with Crippen molar-refractivity contribution in [2.24, 2.45) is 5.92 Å². The summed E-state index contributed by atoms with van der Waals surface area (Å²) in [5.74, 6) is 0.224. The summed E-state index contributed by atoms with van der Waals surface area (Å²) in [7, 11) is -3.67. The van der Waals surface area contributed by atoms with Crippen LogP contribution in [0.15, 0.2) is 39.9 Å². The van der Waals surface area contributed by atoms with Crippen LogP contribution in [-0.2, 0) is 10.0 Å². The number of amides is 1. The Balaban J connectivity index is 1.42. The van der Waals surface area contributed by atoms with Crippen molar-refractivity contribution in [1.82, 2.24) is 9.21 Å². The maximum Gasteiger partial charge on any atom is 0.254 e. The average Bonchev–Trinajstić information content (AvgIpc) is 3.25. The number of hydrogen-bond acceptors (Lipinski definition) is 5. The van der Waals surface area contributed by atoms with Gasteiger partial charge in [0, 0.05) is 44.6 Å². The van der Waals surface area contributed by atoms with Gasteiger partial charge in [0.2, 0.25) is 0 Å². The second kappa shape index (κ2) is 8.64. The number of nitrogens with zero attached hydrogens (tertiary/aromatic N) is 3. The number of sulfonamides is 1. The fourth-order valence-electron chi connectivity index (χ4n) is 3.96. The smallest absolute Gasteiger partial charge is 0.254 e. The monoisotopic (exact) mass is 451 g/mol. The van der Waals surface area contributed by atoms with Crippen molar-refractivity contribution in [2.75, 3.05) is 44.2 Å². The van der Waals surface area contributed by atoms with E-state index in [0.717, 1.165) is 37.3 Å². The largest absolute Gasteiger partial charge is 0.367 e. The number of likely N-dealkylation sites (tertiary alicyclic amines) is 1. The van der Waals surface area contributed by atoms with Crippen LogP contribution in [0.25, 0.3) is 0 Å². The molecule has 0 aliphatic carbocycles. The van der Waals surface area contributed by atoms with Crippen LogP contribution in [0.5, 0.6) is 0 Å². The minimum Gasteiger partial charge on any atom is -0.367 e. The van der Waals surface area contributed by atoms with Gasteiger partial charge in [-0.15, -0.1) is 11.3 Å². The molecule has 2 aliphatic heterocycles. The Morgan fingerprint density at radius 1 is 1.07 bits per heavy atom. The van der Waals surface area contributed by atoms with E-state index in [1.807, 2.05) is 9.80 Å². The van der Waals surface area contributed by atoms with Crippen molar-refractivity contribution >= 4 is 33.0 Å². The highest BCUT2D eigenvalue weighted by atomic mass is 32.2. The number of carbonyl (C=O) groups excluding carboxylic acids is 1. The van der Waals surface area contributed by atoms with E-state index in [-0.39, 0.29) is 29.0 Å². The average molecular weight is 452 g/mol. The number of halogens is 1. The van der Waals surface area contributed by atoms with Gasteiger partial charge in [0.15, 0.2) is 0 Å². The Labute approximate surface area is 180 Å². The van der Waals surface area contributed by atoms with Crippen LogP contribution < -0.4 is 4.90 Å². The van der Waals surface area contributed by atoms with Crippen LogP contribution in [0.3, 0.4) is 0 Å². The van der Waals surface area contributed by atoms with Gasteiger partial charge in [-0.05, 0) is 37.0 Å². The van der Waals surface area contributed by atoms with E-state index >= 15 is 0 Å². The van der Waals surface area contributed by atoms with Crippen LogP contribution >= 0.6 is 11.3 Å². The highest BCUT2D eigenvalue weighted by Crippen LogP contribution is 2.28. The third-order valence-electron chi connectivity index (χ3n) is 5.92. The Kier molecular flexibility index (Phi) is 6.13. The van der Waals surface area contributed by atoms with Crippen LogP contribution in [0.1, 0.15) is 30.1 Å². The Hall–Kier alpha value is -1.97. The van der Waals surface area contributed by atoms with Crippen LogP contribution in [0, 0.1) is 11.7 Å². The van der Waals surface area contributed by atoms with Gasteiger partial charge in [0.25, 0.3) is 15.9 Å². The molecule has 0 spiro atoms. The van der Waals surface area contributed by atoms with Crippen molar-refractivity contribution in [2.45, 2.75) is 24.0 Å². The molecule has 0 bridgehead atoms. The lowest BCUT2D eigenvalue weighted by atomic mass is 9.99. The molecule has 1 aromatic heterocycles. The van der Waals surface area contributed by atoms with E-state index < -0.39 is 10.0 Å². The lowest BCUT2D eigenvalue weighted by Crippen LogP contribution is -2.48. The maximum absolute atomic E-state index is 14.0. The van der Waals surface area contributed by atoms with Crippen molar-refractivity contribution in [1.29, 1.82) is 0 Å². The van der Waals surface area contributed by atoms with E-state index in [2.05, 4.69) is 6.92 Å². The molecule has 4 rings (SSSR count). The minimum absolute atomic E-state index is 0.0935. The Morgan fingerprint density at radius 3 is 2.40 bits per heavy atom. The first-order valence-electron chi connectivity index (χ1n) is 10.2. The second-order valence-electron chi connectivity index (χ2n) is 7.97. The first-order valence-corrected chi connectivity index (χ1v) is 12.6. The normalized spacial score (nSPS) is 19.3. The third kappa shape index (κ3) is 4.24. The number of carbonyl (C=O) groups is 1. The molecular weight excluding hydrogens is 425 g/mol. The number of anilines is 1. The van der Waals surface area contributed by atoms with Crippen molar-refractivity contribution in [3.8, 4) is 0 Å². The molecule has 2 aliphatic rings. The lowest BCUT2D eigenvalue weighted by molar-refractivity contribution is 0.0697. The summed E-state index contributed by atoms with van der Waals surface area (Å²) < 4.78 is 41.8. The van der Waals surface area contributed by atoms with Crippen molar-refractivity contribution in [3.05, 3.63) is 47.1 Å². The summed E-state index contributed by atoms with van der Waals surface area (Å²) in [6.45, 7) is 5.02. The van der Waals surface area contributed by atoms with Crippen LogP contribution in [0.2, 0.25) is 0 Å². The van der Waals surface area contributed by atoms with Gasteiger partial charge in [-0.2, -0.15) is 4.31 Å². The van der Waals surface area contributed by atoms with Crippen molar-refractivity contribution < 1.29 is 17.6 Å². The number of hydrogen-bond donors (Lipinski definition) is 0. The zero-order valence-electron chi connectivity index (χ0n) is 17.0. The summed E-state index contributed by atoms with van der Waals surface area (Å²) >= 11 is 1.09. The Bertz CT molecular complexity index is 1010. The van der Waals surface area contributed by atoms with Crippen LogP contribution in [-0.4, -0.2) is 62.8 Å². The van der Waals surface area contributed by atoms with Crippen LogP contribution in [0.4, 0.5) is 10.1 Å². The molecule has 6 nitrogen and oxygen atoms in total. The molecule has 2 saturated heterocycles. The van der Waals surface area contributed by atoms with E-state index in [1.165, 1.54) is 16.4 Å². The van der Waals surface area contributed by atoms with Crippen molar-refractivity contribution in [3.63, 3.8) is 0 Å². The van der Waals surface area contributed by atoms with Gasteiger partial charge in [0.05, 0.1) is 11.3 Å². The molecule has 30 heavy (non-hydrogen) atoms. The van der Waals surface area contributed by atoms with Gasteiger partial charge < -0.3 is 9.80 Å². The molecule has 1 amide bonds. The lowest BCUT2D eigenvalue weighted by Gasteiger charge is -2.35. The summed E-state index contributed by atoms with van der Waals surface area (Å²) in [4.78, 5) is 16.4. The fourth-order valence-corrected chi connectivity index (χ4v) is 6.69. The van der Waals surface area contributed by atoms with E-state index in [1.54, 1.807) is 23.6 Å². The molecule has 0 radical (unpaired) electrons. The number of thiophene rings is 1. The fraction of sp³-hybridized carbons (Fsp3) is 0.476. The van der Waals surface area contributed by atoms with Gasteiger partial charge in [-0.1, -0.05) is 19.1 Å². The SMILES string of the molecule is CC1CCN(C(=O)c2csc(S(=O)(=O)N3CCN(c4ccccc4F)CC3)c2)CC1. The highest BCUT2D eigenvalue weighted by Gasteiger charge is 2.31. The number of piperazine rings is 1. The van der Waals surface area contributed by atoms with Gasteiger partial charge in [-0.25, -0.2) is 12.8 Å². The zero-order valence-corrected chi connectivity index (χ0v) is 18.6. The molecule has 162 valence electrons. The molecule has 1 aromatic carbocycles. The molecule has 0 unspecified atom stereocenters. The standard InChI is InChI=1S/C21H26FN3O3S2/c1-16-6-8-24(9-7-16)21(26)17-14-20(29-15-17)30(27,28)25-12-10-23(11-13-25)19-5-3-2-4-18(19)22/h2-5,14-16H,6-13H2,1H3. The molecule has 0 N–H and O–H groups in total. The molecule has 2 aromatic rings. The molecule has 0 saturated carbocycles. The molecule has 3 heterocycles. The maximum atomic E-state index is 14.0. The predicted molar refractivity (Wildman–Crippen MR) is 116 cm³/mol. The summed E-state index contributed by atoms with van der Waals surface area (Å²) in [5.41, 5.74) is 0.938. The molecule has 9 heteroatoms. The number of piperidine rings is 1. The van der Waals surface area contributed by atoms with E-state index in [0.29, 0.717) is 30.3 Å². The minimum atomic E-state index is -3.67. The summed E-state index contributed by atoms with van der Waals surface area (Å²) in [6, 6.07) is 8.03. The number of benzene rings is 1. The quantitative estimate of drug-likeness (QED) is 0.716. The van der Waals surface area contributed by atoms with Gasteiger partial charge >= 0.3 is 0 Å².